The molecule has 0 fully saturated rings. The minimum absolute atomic E-state index is 0. The molecule has 0 N–H and O–H groups in total. The van der Waals surface area contributed by atoms with E-state index in [1.807, 2.05) is 52.1 Å². The molecule has 0 aliphatic heterocycles. The number of ether oxygens (including phenoxy) is 2. The maximum atomic E-state index is 13.6. The zero-order chi connectivity index (χ0) is 23.2. The van der Waals surface area contributed by atoms with E-state index in [0.717, 1.165) is 27.5 Å². The third-order valence-electron chi connectivity index (χ3n) is 5.40. The summed E-state index contributed by atoms with van der Waals surface area (Å²) in [6.07, 6.45) is 6.90. The minimum atomic E-state index is -0.292. The smallest absolute Gasteiger partial charge is 0.459 e. The van der Waals surface area contributed by atoms with Crippen LogP contribution >= 0.6 is 0 Å². The van der Waals surface area contributed by atoms with E-state index in [9.17, 15) is 4.39 Å². The monoisotopic (exact) mass is 646 g/mol. The van der Waals surface area contributed by atoms with Gasteiger partial charge < -0.3 is 23.2 Å². The van der Waals surface area contributed by atoms with E-state index in [-0.39, 0.29) is 26.9 Å². The van der Waals surface area contributed by atoms with Crippen molar-refractivity contribution in [2.75, 3.05) is 0 Å². The second-order valence-corrected chi connectivity index (χ2v) is 7.94. The van der Waals surface area contributed by atoms with E-state index in [4.69, 9.17) is 9.47 Å². The van der Waals surface area contributed by atoms with Crippen LogP contribution in [0.25, 0.3) is 27.5 Å². The van der Waals surface area contributed by atoms with Crippen LogP contribution in [-0.4, -0.2) is 23.7 Å². The van der Waals surface area contributed by atoms with Crippen LogP contribution in [0.3, 0.4) is 0 Å². The van der Waals surface area contributed by atoms with Gasteiger partial charge in [-0.1, -0.05) is 11.0 Å². The molecule has 9 heteroatoms. The van der Waals surface area contributed by atoms with E-state index < -0.39 is 0 Å². The summed E-state index contributed by atoms with van der Waals surface area (Å²) >= 11 is 0. The molecule has 0 bridgehead atoms. The van der Waals surface area contributed by atoms with Gasteiger partial charge in [-0.25, -0.2) is 14.4 Å². The van der Waals surface area contributed by atoms with E-state index in [0.29, 0.717) is 23.3 Å². The normalized spacial score (nSPS) is 11.1. The summed E-state index contributed by atoms with van der Waals surface area (Å²) in [6, 6.07) is 20.6. The van der Waals surface area contributed by atoms with Crippen LogP contribution in [0.5, 0.6) is 23.3 Å². The molecule has 3 heterocycles. The molecule has 6 aromatic rings. The Kier molecular flexibility index (Phi) is 5.91. The maximum Gasteiger partial charge on any atom is 2.00 e. The van der Waals surface area contributed by atoms with Gasteiger partial charge in [0.1, 0.15) is 5.82 Å². The Labute approximate surface area is 214 Å². The van der Waals surface area contributed by atoms with E-state index >= 15 is 0 Å². The summed E-state index contributed by atoms with van der Waals surface area (Å²) < 4.78 is 31.1. The number of hydrogen-bond acceptors (Lipinski definition) is 4. The first-order valence-corrected chi connectivity index (χ1v) is 10.5. The molecule has 176 valence electrons. The molecule has 0 unspecified atom stereocenters. The van der Waals surface area contributed by atoms with Crippen molar-refractivity contribution in [2.45, 2.75) is 0 Å². The predicted octanol–water partition coefficient (Wildman–Crippen LogP) is 5.57. The Balaban J connectivity index is 0.00000253. The fourth-order valence-corrected chi connectivity index (χ4v) is 3.91. The number of nitrogens with zero attached hydrogens (tertiary/aromatic N) is 5. The fourth-order valence-electron chi connectivity index (χ4n) is 3.91. The van der Waals surface area contributed by atoms with Gasteiger partial charge in [0.25, 0.3) is 0 Å². The molecule has 35 heavy (non-hydrogen) atoms. The number of aryl methyl sites for hydroxylation is 2. The Bertz CT molecular complexity index is 1550. The predicted molar refractivity (Wildman–Crippen MR) is 125 cm³/mol. The SMILES string of the molecule is Cn1cnc(Oc2[c-]c3c4[c-]c(Oc5cn(C)cn5)ccc4n(-c4ccc(F)cc4)c3cc2)c1.[Pt+2]. The van der Waals surface area contributed by atoms with Crippen molar-refractivity contribution < 1.29 is 34.9 Å². The molecular weight excluding hydrogens is 628 g/mol. The van der Waals surface area contributed by atoms with Crippen molar-refractivity contribution in [3.8, 4) is 28.9 Å². The number of fused-ring (bicyclic) bond motifs is 3. The Morgan fingerprint density at radius 2 is 1.20 bits per heavy atom. The van der Waals surface area contributed by atoms with Crippen molar-refractivity contribution >= 4 is 21.8 Å². The first-order valence-electron chi connectivity index (χ1n) is 10.5. The van der Waals surface area contributed by atoms with Crippen LogP contribution in [-0.2, 0) is 35.2 Å². The Morgan fingerprint density at radius 3 is 1.63 bits per heavy atom. The fraction of sp³-hybridized carbons (Fsp3) is 0.0769. The van der Waals surface area contributed by atoms with Crippen LogP contribution in [0, 0.1) is 17.9 Å². The van der Waals surface area contributed by atoms with E-state index in [1.54, 1.807) is 37.2 Å². The minimum Gasteiger partial charge on any atom is -0.459 e. The number of rotatable bonds is 5. The van der Waals surface area contributed by atoms with Gasteiger partial charge in [-0.05, 0) is 24.3 Å². The molecule has 0 atom stereocenters. The summed E-state index contributed by atoms with van der Waals surface area (Å²) in [5.41, 5.74) is 2.57. The number of imidazole rings is 2. The summed E-state index contributed by atoms with van der Waals surface area (Å²) in [5.74, 6) is 1.70. The van der Waals surface area contributed by atoms with Crippen LogP contribution in [0.2, 0.25) is 0 Å². The molecule has 0 amide bonds. The molecule has 3 aromatic carbocycles. The molecular formula is C26H18FN5O2Pt. The topological polar surface area (TPSA) is 59.0 Å². The van der Waals surface area contributed by atoms with Gasteiger partial charge in [-0.15, -0.1) is 36.4 Å². The quantitative estimate of drug-likeness (QED) is 0.230. The van der Waals surface area contributed by atoms with Crippen LogP contribution < -0.4 is 9.47 Å². The van der Waals surface area contributed by atoms with Crippen molar-refractivity contribution in [1.82, 2.24) is 23.7 Å². The maximum absolute atomic E-state index is 13.6. The second kappa shape index (κ2) is 9.04. The number of aromatic nitrogens is 5. The molecule has 7 nitrogen and oxygen atoms in total. The van der Waals surface area contributed by atoms with Crippen LogP contribution in [0.4, 0.5) is 4.39 Å². The van der Waals surface area contributed by atoms with Gasteiger partial charge in [-0.2, -0.15) is 10.8 Å². The van der Waals surface area contributed by atoms with Crippen LogP contribution in [0.1, 0.15) is 0 Å². The average molecular weight is 647 g/mol. The van der Waals surface area contributed by atoms with Gasteiger partial charge in [0.2, 0.25) is 11.8 Å². The number of halogens is 1. The summed E-state index contributed by atoms with van der Waals surface area (Å²) in [4.78, 5) is 8.44. The molecule has 0 saturated carbocycles. The molecule has 0 saturated heterocycles. The Morgan fingerprint density at radius 1 is 0.714 bits per heavy atom. The third-order valence-corrected chi connectivity index (χ3v) is 5.40. The number of benzene rings is 3. The van der Waals surface area contributed by atoms with Crippen molar-refractivity contribution in [3.63, 3.8) is 0 Å². The zero-order valence-electron chi connectivity index (χ0n) is 18.7. The van der Waals surface area contributed by atoms with Crippen molar-refractivity contribution in [2.24, 2.45) is 14.1 Å². The molecule has 0 radical (unpaired) electrons. The van der Waals surface area contributed by atoms with Crippen molar-refractivity contribution in [1.29, 1.82) is 0 Å². The van der Waals surface area contributed by atoms with Gasteiger partial charge in [0, 0.05) is 31.3 Å². The van der Waals surface area contributed by atoms with Gasteiger partial charge in [-0.3, -0.25) is 0 Å². The Hall–Kier alpha value is -3.90. The molecule has 0 aliphatic carbocycles. The van der Waals surface area contributed by atoms with Gasteiger partial charge >= 0.3 is 21.1 Å². The first kappa shape index (κ1) is 22.9. The summed E-state index contributed by atoms with van der Waals surface area (Å²) in [6.45, 7) is 0. The molecule has 6 rings (SSSR count). The van der Waals surface area contributed by atoms with Gasteiger partial charge in [0.15, 0.2) is 0 Å². The average Bonchev–Trinajstić information content (AvgIpc) is 3.51. The standard InChI is InChI=1S/C26H18FN5O2.Pt/c1-30-13-25(28-15-30)33-19-7-9-23-21(11-19)22-12-20(34-26-14-31(2)16-29-26)8-10-24(22)32(23)18-5-3-17(27)4-6-18;/h3-10,13-16H,1-2H3;/q-2;+2. The van der Waals surface area contributed by atoms with Gasteiger partial charge in [0.05, 0.1) is 25.0 Å². The van der Waals surface area contributed by atoms with E-state index in [2.05, 4.69) is 22.1 Å². The summed E-state index contributed by atoms with van der Waals surface area (Å²) in [5, 5.41) is 1.58. The van der Waals surface area contributed by atoms with E-state index in [1.165, 1.54) is 12.1 Å². The molecule has 0 aliphatic rings. The largest absolute Gasteiger partial charge is 2.00 e. The number of hydrogen-bond donors (Lipinski definition) is 0. The molecule has 3 aromatic heterocycles. The zero-order valence-corrected chi connectivity index (χ0v) is 20.9. The van der Waals surface area contributed by atoms with Crippen molar-refractivity contribution in [3.05, 3.63) is 91.5 Å². The van der Waals surface area contributed by atoms with Crippen LogP contribution in [0.15, 0.2) is 73.6 Å². The first-order chi connectivity index (χ1) is 16.5. The third kappa shape index (κ3) is 4.33. The molecule has 0 spiro atoms. The second-order valence-electron chi connectivity index (χ2n) is 7.94. The summed E-state index contributed by atoms with van der Waals surface area (Å²) in [7, 11) is 3.75.